The Bertz CT molecular complexity index is 696. The van der Waals surface area contributed by atoms with Crippen molar-refractivity contribution in [2.75, 3.05) is 5.32 Å². The lowest BCUT2D eigenvalue weighted by Crippen LogP contribution is -2.24. The molecule has 2 aromatic heterocycles. The molecule has 1 amide bonds. The summed E-state index contributed by atoms with van der Waals surface area (Å²) < 4.78 is 0. The molecule has 21 heavy (non-hydrogen) atoms. The molecule has 0 aliphatic heterocycles. The Morgan fingerprint density at radius 1 is 1.33 bits per heavy atom. The van der Waals surface area contributed by atoms with E-state index in [-0.39, 0.29) is 23.3 Å². The first-order valence-electron chi connectivity index (χ1n) is 6.72. The summed E-state index contributed by atoms with van der Waals surface area (Å²) in [5.41, 5.74) is 1.02. The largest absolute Gasteiger partial charge is 0.477 e. The van der Waals surface area contributed by atoms with Crippen molar-refractivity contribution in [2.24, 2.45) is 0 Å². The third-order valence-corrected chi connectivity index (χ3v) is 4.58. The van der Waals surface area contributed by atoms with Gasteiger partial charge < -0.3 is 10.4 Å². The molecule has 2 N–H and O–H groups in total. The van der Waals surface area contributed by atoms with Gasteiger partial charge in [-0.25, -0.2) is 9.78 Å². The highest BCUT2D eigenvalue weighted by Gasteiger charge is 2.27. The van der Waals surface area contributed by atoms with Crippen molar-refractivity contribution in [3.05, 3.63) is 45.8 Å². The van der Waals surface area contributed by atoms with E-state index in [0.717, 1.165) is 24.8 Å². The molecule has 1 aliphatic carbocycles. The van der Waals surface area contributed by atoms with Gasteiger partial charge in [0.05, 0.1) is 5.92 Å². The van der Waals surface area contributed by atoms with Crippen LogP contribution in [0.3, 0.4) is 0 Å². The highest BCUT2D eigenvalue weighted by atomic mass is 32.1. The lowest BCUT2D eigenvalue weighted by atomic mass is 9.87. The Kier molecular flexibility index (Phi) is 3.70. The number of aromatic nitrogens is 1. The normalized spacial score (nSPS) is 17.0. The van der Waals surface area contributed by atoms with Crippen LogP contribution in [-0.4, -0.2) is 22.0 Å². The zero-order chi connectivity index (χ0) is 14.8. The van der Waals surface area contributed by atoms with Crippen LogP contribution in [0.2, 0.25) is 0 Å². The molecule has 0 fully saturated rings. The third kappa shape index (κ3) is 2.80. The Hall–Kier alpha value is -2.21. The van der Waals surface area contributed by atoms with Gasteiger partial charge in [0.15, 0.2) is 5.69 Å². The fourth-order valence-electron chi connectivity index (χ4n) is 2.60. The first kappa shape index (κ1) is 13.8. The second kappa shape index (κ2) is 5.65. The maximum atomic E-state index is 12.4. The number of rotatable bonds is 3. The summed E-state index contributed by atoms with van der Waals surface area (Å²) in [5, 5.41) is 13.7. The standard InChI is InChI=1S/C15H14N2O3S/c18-14(10-3-1-5-12-9(10)7-8-21-12)17-13-6-2-4-11(16-13)15(19)20/h2,4,6-8,10H,1,3,5H2,(H,19,20)(H,16,17,18). The molecular weight excluding hydrogens is 288 g/mol. The molecule has 0 spiro atoms. The van der Waals surface area contributed by atoms with Crippen LogP contribution in [-0.2, 0) is 11.2 Å². The average Bonchev–Trinajstić information content (AvgIpc) is 2.95. The molecule has 0 radical (unpaired) electrons. The zero-order valence-electron chi connectivity index (χ0n) is 11.2. The van der Waals surface area contributed by atoms with Gasteiger partial charge in [-0.15, -0.1) is 11.3 Å². The number of pyridine rings is 1. The van der Waals surface area contributed by atoms with E-state index in [0.29, 0.717) is 0 Å². The van der Waals surface area contributed by atoms with Gasteiger partial charge in [-0.05, 0) is 48.4 Å². The highest BCUT2D eigenvalue weighted by molar-refractivity contribution is 7.10. The number of hydrogen-bond acceptors (Lipinski definition) is 4. The zero-order valence-corrected chi connectivity index (χ0v) is 12.0. The van der Waals surface area contributed by atoms with E-state index >= 15 is 0 Å². The molecule has 2 aromatic rings. The maximum absolute atomic E-state index is 12.4. The van der Waals surface area contributed by atoms with Gasteiger partial charge >= 0.3 is 5.97 Å². The number of amides is 1. The third-order valence-electron chi connectivity index (χ3n) is 3.59. The van der Waals surface area contributed by atoms with Crippen molar-refractivity contribution in [1.82, 2.24) is 4.98 Å². The van der Waals surface area contributed by atoms with Gasteiger partial charge in [0.2, 0.25) is 5.91 Å². The monoisotopic (exact) mass is 302 g/mol. The Morgan fingerprint density at radius 3 is 3.00 bits per heavy atom. The number of aromatic carboxylic acids is 1. The molecule has 108 valence electrons. The number of nitrogens with zero attached hydrogens (tertiary/aromatic N) is 1. The van der Waals surface area contributed by atoms with Gasteiger partial charge in [0.25, 0.3) is 0 Å². The van der Waals surface area contributed by atoms with Crippen LogP contribution < -0.4 is 5.32 Å². The average molecular weight is 302 g/mol. The smallest absolute Gasteiger partial charge is 0.354 e. The van der Waals surface area contributed by atoms with Crippen LogP contribution in [0.5, 0.6) is 0 Å². The van der Waals surface area contributed by atoms with Crippen LogP contribution in [0.4, 0.5) is 5.82 Å². The van der Waals surface area contributed by atoms with Crippen molar-refractivity contribution >= 4 is 29.0 Å². The Labute approximate surface area is 125 Å². The van der Waals surface area contributed by atoms with E-state index in [1.807, 2.05) is 11.4 Å². The number of nitrogens with one attached hydrogen (secondary N) is 1. The first-order valence-corrected chi connectivity index (χ1v) is 7.60. The molecule has 0 saturated carbocycles. The predicted molar refractivity (Wildman–Crippen MR) is 79.8 cm³/mol. The van der Waals surface area contributed by atoms with Gasteiger partial charge in [-0.2, -0.15) is 0 Å². The van der Waals surface area contributed by atoms with Crippen molar-refractivity contribution in [3.8, 4) is 0 Å². The molecule has 6 heteroatoms. The number of thiophene rings is 1. The fraction of sp³-hybridized carbons (Fsp3) is 0.267. The predicted octanol–water partition coefficient (Wildman–Crippen LogP) is 2.90. The summed E-state index contributed by atoms with van der Waals surface area (Å²) in [5.74, 6) is -1.12. The fourth-order valence-corrected chi connectivity index (χ4v) is 3.58. The number of aryl methyl sites for hydroxylation is 1. The quantitative estimate of drug-likeness (QED) is 0.913. The molecule has 5 nitrogen and oxygen atoms in total. The molecule has 1 unspecified atom stereocenters. The molecule has 0 aromatic carbocycles. The molecular formula is C15H14N2O3S. The number of carbonyl (C=O) groups excluding carboxylic acids is 1. The van der Waals surface area contributed by atoms with E-state index in [1.54, 1.807) is 23.5 Å². The molecule has 1 aliphatic rings. The molecule has 2 heterocycles. The summed E-state index contributed by atoms with van der Waals surface area (Å²) in [7, 11) is 0. The first-order chi connectivity index (χ1) is 10.1. The van der Waals surface area contributed by atoms with Crippen LogP contribution in [0.25, 0.3) is 0 Å². The number of carbonyl (C=O) groups is 2. The highest BCUT2D eigenvalue weighted by Crippen LogP contribution is 2.35. The summed E-state index contributed by atoms with van der Waals surface area (Å²) in [6, 6.07) is 6.57. The lowest BCUT2D eigenvalue weighted by Gasteiger charge is -2.21. The van der Waals surface area contributed by atoms with E-state index < -0.39 is 5.97 Å². The summed E-state index contributed by atoms with van der Waals surface area (Å²) >= 11 is 1.69. The van der Waals surface area contributed by atoms with Gasteiger partial charge in [-0.1, -0.05) is 6.07 Å². The van der Waals surface area contributed by atoms with Gasteiger partial charge in [0.1, 0.15) is 5.82 Å². The van der Waals surface area contributed by atoms with E-state index in [4.69, 9.17) is 5.11 Å². The number of anilines is 1. The minimum atomic E-state index is -1.11. The second-order valence-corrected chi connectivity index (χ2v) is 5.95. The van der Waals surface area contributed by atoms with Crippen molar-refractivity contribution in [3.63, 3.8) is 0 Å². The van der Waals surface area contributed by atoms with Crippen molar-refractivity contribution in [2.45, 2.75) is 25.2 Å². The number of carboxylic acid groups (broad SMARTS) is 1. The molecule has 3 rings (SSSR count). The van der Waals surface area contributed by atoms with E-state index in [1.165, 1.54) is 10.9 Å². The minimum Gasteiger partial charge on any atom is -0.477 e. The van der Waals surface area contributed by atoms with Crippen LogP contribution in [0.15, 0.2) is 29.6 Å². The Morgan fingerprint density at radius 2 is 2.19 bits per heavy atom. The number of hydrogen-bond donors (Lipinski definition) is 2. The topological polar surface area (TPSA) is 79.3 Å². The Balaban J connectivity index is 1.79. The van der Waals surface area contributed by atoms with Gasteiger partial charge in [0, 0.05) is 4.88 Å². The van der Waals surface area contributed by atoms with E-state index in [2.05, 4.69) is 10.3 Å². The van der Waals surface area contributed by atoms with E-state index in [9.17, 15) is 9.59 Å². The summed E-state index contributed by atoms with van der Waals surface area (Å²) in [6.07, 6.45) is 2.84. The summed E-state index contributed by atoms with van der Waals surface area (Å²) in [6.45, 7) is 0. The van der Waals surface area contributed by atoms with Crippen molar-refractivity contribution in [1.29, 1.82) is 0 Å². The molecule has 1 atom stereocenters. The number of carboxylic acids is 1. The SMILES string of the molecule is O=C(O)c1cccc(NC(=O)C2CCCc3sccc32)n1. The minimum absolute atomic E-state index is 0.0762. The van der Waals surface area contributed by atoms with Crippen molar-refractivity contribution < 1.29 is 14.7 Å². The lowest BCUT2D eigenvalue weighted by molar-refractivity contribution is -0.117. The van der Waals surface area contributed by atoms with Crippen LogP contribution in [0.1, 0.15) is 39.7 Å². The summed E-state index contributed by atoms with van der Waals surface area (Å²) in [4.78, 5) is 28.5. The maximum Gasteiger partial charge on any atom is 0.354 e. The van der Waals surface area contributed by atoms with Crippen LogP contribution in [0, 0.1) is 0 Å². The van der Waals surface area contributed by atoms with Crippen LogP contribution >= 0.6 is 11.3 Å². The molecule has 0 bridgehead atoms. The second-order valence-electron chi connectivity index (χ2n) is 4.95. The van der Waals surface area contributed by atoms with Gasteiger partial charge in [-0.3, -0.25) is 4.79 Å². The molecule has 0 saturated heterocycles. The number of fused-ring (bicyclic) bond motifs is 1.